The Morgan fingerprint density at radius 1 is 1.00 bits per heavy atom. The summed E-state index contributed by atoms with van der Waals surface area (Å²) in [4.78, 5) is 6.97. The van der Waals surface area contributed by atoms with E-state index in [1.165, 1.54) is 23.4 Å². The van der Waals surface area contributed by atoms with Gasteiger partial charge in [0.25, 0.3) is 0 Å². The Bertz CT molecular complexity index is 716. The molecular formula is C17H13FN2. The summed E-state index contributed by atoms with van der Waals surface area (Å²) in [5, 5.41) is 0. The summed E-state index contributed by atoms with van der Waals surface area (Å²) in [5.74, 6) is 0.778. The number of hydrogen-bond acceptors (Lipinski definition) is 2. The zero-order chi connectivity index (χ0) is 13.5. The van der Waals surface area contributed by atoms with E-state index >= 15 is 0 Å². The van der Waals surface area contributed by atoms with Gasteiger partial charge in [-0.05, 0) is 41.5 Å². The second-order valence-corrected chi connectivity index (χ2v) is 5.06. The number of aliphatic imine (C=N–C) groups is 1. The predicted octanol–water partition coefficient (Wildman–Crippen LogP) is 3.81. The highest BCUT2D eigenvalue weighted by Gasteiger charge is 2.28. The fraction of sp³-hybridized carbons (Fsp3) is 0.118. The first kappa shape index (κ1) is 11.4. The van der Waals surface area contributed by atoms with Crippen LogP contribution in [0.5, 0.6) is 0 Å². The van der Waals surface area contributed by atoms with Crippen LogP contribution in [0.15, 0.2) is 59.6 Å². The van der Waals surface area contributed by atoms with Crippen molar-refractivity contribution in [2.45, 2.75) is 6.04 Å². The average molecular weight is 264 g/mol. The van der Waals surface area contributed by atoms with Gasteiger partial charge in [-0.3, -0.25) is 4.99 Å². The van der Waals surface area contributed by atoms with E-state index in [2.05, 4.69) is 23.1 Å². The van der Waals surface area contributed by atoms with Crippen molar-refractivity contribution >= 4 is 17.6 Å². The van der Waals surface area contributed by atoms with Gasteiger partial charge in [0.2, 0.25) is 0 Å². The lowest BCUT2D eigenvalue weighted by Crippen LogP contribution is -2.28. The normalized spacial score (nSPS) is 19.6. The number of rotatable bonds is 1. The fourth-order valence-electron chi connectivity index (χ4n) is 2.79. The van der Waals surface area contributed by atoms with Crippen molar-refractivity contribution in [3.63, 3.8) is 0 Å². The van der Waals surface area contributed by atoms with E-state index in [0.29, 0.717) is 0 Å². The first-order valence-corrected chi connectivity index (χ1v) is 6.69. The smallest absolute Gasteiger partial charge is 0.128 e. The van der Waals surface area contributed by atoms with Crippen LogP contribution in [0.25, 0.3) is 6.08 Å². The summed E-state index contributed by atoms with van der Waals surface area (Å²) in [6, 6.07) is 15.0. The third-order valence-electron chi connectivity index (χ3n) is 3.81. The first-order chi connectivity index (χ1) is 9.81. The van der Waals surface area contributed by atoms with Gasteiger partial charge in [0.15, 0.2) is 0 Å². The molecule has 0 radical (unpaired) electrons. The molecule has 0 spiro atoms. The standard InChI is InChI=1S/C17H13FN2/c18-14-8-5-12(6-9-14)15-11-20-16-4-2-1-3-13(16)7-10-17(20)19-15/h1-10,15H,11H2/t15-/m0/s1. The lowest BCUT2D eigenvalue weighted by atomic mass is 10.1. The number of fused-ring (bicyclic) bond motifs is 3. The molecule has 0 aromatic heterocycles. The van der Waals surface area contributed by atoms with E-state index in [-0.39, 0.29) is 11.9 Å². The second-order valence-electron chi connectivity index (χ2n) is 5.06. The molecule has 0 amide bonds. The summed E-state index contributed by atoms with van der Waals surface area (Å²) in [6.07, 6.45) is 4.14. The number of amidine groups is 1. The molecule has 2 aromatic carbocycles. The van der Waals surface area contributed by atoms with Crippen LogP contribution >= 0.6 is 0 Å². The number of para-hydroxylation sites is 1. The quantitative estimate of drug-likeness (QED) is 0.764. The summed E-state index contributed by atoms with van der Waals surface area (Å²) >= 11 is 0. The first-order valence-electron chi connectivity index (χ1n) is 6.69. The van der Waals surface area contributed by atoms with Crippen molar-refractivity contribution in [3.8, 4) is 0 Å². The van der Waals surface area contributed by atoms with Crippen LogP contribution < -0.4 is 4.90 Å². The van der Waals surface area contributed by atoms with E-state index in [0.717, 1.165) is 17.9 Å². The molecule has 2 aromatic rings. The largest absolute Gasteiger partial charge is 0.324 e. The number of benzene rings is 2. The minimum atomic E-state index is -0.206. The van der Waals surface area contributed by atoms with E-state index in [1.807, 2.05) is 30.3 Å². The zero-order valence-corrected chi connectivity index (χ0v) is 10.8. The molecule has 2 aliphatic heterocycles. The molecule has 3 heteroatoms. The monoisotopic (exact) mass is 264 g/mol. The van der Waals surface area contributed by atoms with Gasteiger partial charge in [-0.25, -0.2) is 4.39 Å². The molecule has 0 fully saturated rings. The Morgan fingerprint density at radius 2 is 1.80 bits per heavy atom. The number of nitrogens with zero attached hydrogens (tertiary/aromatic N) is 2. The predicted molar refractivity (Wildman–Crippen MR) is 79.4 cm³/mol. The van der Waals surface area contributed by atoms with E-state index in [9.17, 15) is 4.39 Å². The Hall–Kier alpha value is -2.42. The van der Waals surface area contributed by atoms with Gasteiger partial charge in [0.05, 0.1) is 12.6 Å². The topological polar surface area (TPSA) is 15.6 Å². The van der Waals surface area contributed by atoms with Crippen molar-refractivity contribution in [2.75, 3.05) is 11.4 Å². The van der Waals surface area contributed by atoms with Crippen molar-refractivity contribution < 1.29 is 4.39 Å². The molecule has 0 unspecified atom stereocenters. The molecule has 2 nitrogen and oxygen atoms in total. The molecule has 1 atom stereocenters. The van der Waals surface area contributed by atoms with Gasteiger partial charge in [-0.2, -0.15) is 0 Å². The SMILES string of the molecule is Fc1ccc([C@@H]2CN3C(=N2)C=Cc2ccccc23)cc1. The van der Waals surface area contributed by atoms with Gasteiger partial charge < -0.3 is 4.90 Å². The Kier molecular flexibility index (Phi) is 2.46. The van der Waals surface area contributed by atoms with Crippen LogP contribution in [-0.2, 0) is 0 Å². The Morgan fingerprint density at radius 3 is 2.65 bits per heavy atom. The van der Waals surface area contributed by atoms with E-state index in [1.54, 1.807) is 0 Å². The molecule has 0 N–H and O–H groups in total. The molecule has 0 saturated carbocycles. The van der Waals surface area contributed by atoms with Gasteiger partial charge in [-0.15, -0.1) is 0 Å². The van der Waals surface area contributed by atoms with Crippen molar-refractivity contribution in [1.82, 2.24) is 0 Å². The maximum atomic E-state index is 13.0. The van der Waals surface area contributed by atoms with E-state index in [4.69, 9.17) is 4.99 Å². The Balaban J connectivity index is 1.70. The van der Waals surface area contributed by atoms with Crippen LogP contribution in [0.3, 0.4) is 0 Å². The average Bonchev–Trinajstić information content (AvgIpc) is 2.92. The van der Waals surface area contributed by atoms with Gasteiger partial charge in [0.1, 0.15) is 11.7 Å². The van der Waals surface area contributed by atoms with Gasteiger partial charge in [-0.1, -0.05) is 30.3 Å². The molecule has 0 saturated heterocycles. The summed E-state index contributed by atoms with van der Waals surface area (Å²) in [6.45, 7) is 0.808. The minimum absolute atomic E-state index is 0.0707. The summed E-state index contributed by atoms with van der Waals surface area (Å²) in [5.41, 5.74) is 3.46. The van der Waals surface area contributed by atoms with Crippen LogP contribution in [0.2, 0.25) is 0 Å². The maximum Gasteiger partial charge on any atom is 0.128 e. The van der Waals surface area contributed by atoms with Crippen LogP contribution in [0.1, 0.15) is 17.2 Å². The number of halogens is 1. The second kappa shape index (κ2) is 4.30. The molecule has 0 bridgehead atoms. The molecule has 20 heavy (non-hydrogen) atoms. The van der Waals surface area contributed by atoms with Crippen molar-refractivity contribution in [3.05, 3.63) is 71.6 Å². The number of hydrogen-bond donors (Lipinski definition) is 0. The van der Waals surface area contributed by atoms with E-state index < -0.39 is 0 Å². The molecule has 2 heterocycles. The minimum Gasteiger partial charge on any atom is -0.324 e. The summed E-state index contributed by atoms with van der Waals surface area (Å²) in [7, 11) is 0. The third-order valence-corrected chi connectivity index (χ3v) is 3.81. The highest BCUT2D eigenvalue weighted by atomic mass is 19.1. The van der Waals surface area contributed by atoms with Crippen molar-refractivity contribution in [2.24, 2.45) is 4.99 Å². The highest BCUT2D eigenvalue weighted by molar-refractivity contribution is 6.13. The lowest BCUT2D eigenvalue weighted by Gasteiger charge is -2.24. The maximum absolute atomic E-state index is 13.0. The lowest BCUT2D eigenvalue weighted by molar-refractivity contribution is 0.625. The molecular weight excluding hydrogens is 251 g/mol. The molecule has 4 rings (SSSR count). The molecule has 0 aliphatic carbocycles. The van der Waals surface area contributed by atoms with Crippen molar-refractivity contribution in [1.29, 1.82) is 0 Å². The molecule has 98 valence electrons. The van der Waals surface area contributed by atoms with Gasteiger partial charge in [0, 0.05) is 5.69 Å². The fourth-order valence-corrected chi connectivity index (χ4v) is 2.79. The molecule has 2 aliphatic rings. The Labute approximate surface area is 116 Å². The third kappa shape index (κ3) is 1.74. The van der Waals surface area contributed by atoms with Crippen LogP contribution in [-0.4, -0.2) is 12.4 Å². The zero-order valence-electron chi connectivity index (χ0n) is 10.8. The highest BCUT2D eigenvalue weighted by Crippen LogP contribution is 2.34. The van der Waals surface area contributed by atoms with Crippen LogP contribution in [0.4, 0.5) is 10.1 Å². The van der Waals surface area contributed by atoms with Crippen LogP contribution in [0, 0.1) is 5.82 Å². The number of anilines is 1. The summed E-state index contributed by atoms with van der Waals surface area (Å²) < 4.78 is 13.0. The van der Waals surface area contributed by atoms with Gasteiger partial charge >= 0.3 is 0 Å².